The molecule has 114 valence electrons. The Bertz CT molecular complexity index is 497. The molecule has 2 rings (SSSR count). The van der Waals surface area contributed by atoms with Crippen molar-refractivity contribution in [2.24, 2.45) is 0 Å². The van der Waals surface area contributed by atoms with Crippen LogP contribution in [0.3, 0.4) is 0 Å². The molecule has 1 aliphatic heterocycles. The van der Waals surface area contributed by atoms with Crippen LogP contribution in [0.5, 0.6) is 5.75 Å². The van der Waals surface area contributed by atoms with Crippen molar-refractivity contribution in [2.75, 3.05) is 26.9 Å². The third-order valence-corrected chi connectivity index (χ3v) is 3.18. The molecule has 1 fully saturated rings. The van der Waals surface area contributed by atoms with Gasteiger partial charge in [0.2, 0.25) is 0 Å². The molecule has 21 heavy (non-hydrogen) atoms. The second-order valence-electron chi connectivity index (χ2n) is 4.75. The maximum atomic E-state index is 11.7. The zero-order valence-electron chi connectivity index (χ0n) is 12.0. The van der Waals surface area contributed by atoms with Crippen LogP contribution in [0, 0.1) is 0 Å². The number of ether oxygens (including phenoxy) is 3. The fourth-order valence-electron chi connectivity index (χ4n) is 2.06. The van der Waals surface area contributed by atoms with Gasteiger partial charge < -0.3 is 19.5 Å². The number of carbonyl (C=O) groups is 2. The highest BCUT2D eigenvalue weighted by molar-refractivity contribution is 5.89. The zero-order chi connectivity index (χ0) is 15.1. The Labute approximate surface area is 123 Å². The quantitative estimate of drug-likeness (QED) is 0.796. The predicted octanol–water partition coefficient (Wildman–Crippen LogP) is 1.15. The predicted molar refractivity (Wildman–Crippen MR) is 75.3 cm³/mol. The summed E-state index contributed by atoms with van der Waals surface area (Å²) in [4.78, 5) is 23.0. The van der Waals surface area contributed by atoms with E-state index in [0.717, 1.165) is 19.4 Å². The van der Waals surface area contributed by atoms with Gasteiger partial charge >= 0.3 is 5.97 Å². The van der Waals surface area contributed by atoms with E-state index in [1.54, 1.807) is 24.3 Å². The second-order valence-corrected chi connectivity index (χ2v) is 4.75. The van der Waals surface area contributed by atoms with E-state index < -0.39 is 5.97 Å². The molecule has 1 aliphatic rings. The number of hydrogen-bond donors (Lipinski definition) is 1. The van der Waals surface area contributed by atoms with Gasteiger partial charge in [0.05, 0.1) is 18.8 Å². The van der Waals surface area contributed by atoms with Gasteiger partial charge in [-0.2, -0.15) is 0 Å². The lowest BCUT2D eigenvalue weighted by molar-refractivity contribution is -0.123. The largest absolute Gasteiger partial charge is 0.484 e. The number of esters is 1. The van der Waals surface area contributed by atoms with Crippen LogP contribution in [0.15, 0.2) is 24.3 Å². The number of hydrogen-bond acceptors (Lipinski definition) is 5. The molecule has 1 N–H and O–H groups in total. The van der Waals surface area contributed by atoms with Crippen LogP contribution >= 0.6 is 0 Å². The van der Waals surface area contributed by atoms with Crippen LogP contribution in [0.4, 0.5) is 0 Å². The Hall–Kier alpha value is -2.08. The number of carbonyl (C=O) groups excluding carboxylic acids is 2. The van der Waals surface area contributed by atoms with Crippen LogP contribution in [0.25, 0.3) is 0 Å². The molecule has 1 amide bonds. The minimum Gasteiger partial charge on any atom is -0.484 e. The maximum Gasteiger partial charge on any atom is 0.337 e. The topological polar surface area (TPSA) is 73.9 Å². The molecule has 6 nitrogen and oxygen atoms in total. The third kappa shape index (κ3) is 4.75. The first-order valence-corrected chi connectivity index (χ1v) is 6.88. The fourth-order valence-corrected chi connectivity index (χ4v) is 2.06. The number of methoxy groups -OCH3 is 1. The van der Waals surface area contributed by atoms with E-state index in [9.17, 15) is 9.59 Å². The van der Waals surface area contributed by atoms with Gasteiger partial charge in [0.1, 0.15) is 5.75 Å². The van der Waals surface area contributed by atoms with Crippen molar-refractivity contribution < 1.29 is 23.8 Å². The highest BCUT2D eigenvalue weighted by Gasteiger charge is 2.16. The molecule has 1 aromatic carbocycles. The van der Waals surface area contributed by atoms with Crippen molar-refractivity contribution in [3.8, 4) is 5.75 Å². The first-order chi connectivity index (χ1) is 10.2. The summed E-state index contributed by atoms with van der Waals surface area (Å²) in [6.07, 6.45) is 2.12. The van der Waals surface area contributed by atoms with Gasteiger partial charge in [0, 0.05) is 13.2 Å². The number of rotatable bonds is 6. The van der Waals surface area contributed by atoms with E-state index in [1.165, 1.54) is 7.11 Å². The van der Waals surface area contributed by atoms with E-state index in [1.807, 2.05) is 0 Å². The summed E-state index contributed by atoms with van der Waals surface area (Å²) < 4.78 is 15.4. The molecule has 1 atom stereocenters. The fraction of sp³-hybridized carbons (Fsp3) is 0.467. The van der Waals surface area contributed by atoms with E-state index in [2.05, 4.69) is 10.1 Å². The van der Waals surface area contributed by atoms with Gasteiger partial charge in [-0.3, -0.25) is 4.79 Å². The third-order valence-electron chi connectivity index (χ3n) is 3.18. The van der Waals surface area contributed by atoms with Crippen LogP contribution in [-0.2, 0) is 14.3 Å². The van der Waals surface area contributed by atoms with Crippen LogP contribution < -0.4 is 10.1 Å². The lowest BCUT2D eigenvalue weighted by atomic mass is 10.2. The van der Waals surface area contributed by atoms with Crippen molar-refractivity contribution in [3.05, 3.63) is 29.8 Å². The Morgan fingerprint density at radius 1 is 1.43 bits per heavy atom. The molecular weight excluding hydrogens is 274 g/mol. The molecule has 1 unspecified atom stereocenters. The molecule has 1 saturated heterocycles. The summed E-state index contributed by atoms with van der Waals surface area (Å²) in [5, 5.41) is 2.76. The highest BCUT2D eigenvalue weighted by atomic mass is 16.5. The molecule has 0 bridgehead atoms. The average Bonchev–Trinajstić information content (AvgIpc) is 3.04. The lowest BCUT2D eigenvalue weighted by Crippen LogP contribution is -2.35. The molecule has 1 heterocycles. The van der Waals surface area contributed by atoms with E-state index >= 15 is 0 Å². The number of amides is 1. The first kappa shape index (κ1) is 15.3. The molecule has 0 saturated carbocycles. The van der Waals surface area contributed by atoms with E-state index in [4.69, 9.17) is 9.47 Å². The molecule has 0 spiro atoms. The summed E-state index contributed by atoms with van der Waals surface area (Å²) >= 11 is 0. The average molecular weight is 293 g/mol. The van der Waals surface area contributed by atoms with E-state index in [-0.39, 0.29) is 18.6 Å². The monoisotopic (exact) mass is 293 g/mol. The Morgan fingerprint density at radius 3 is 3.00 bits per heavy atom. The van der Waals surface area contributed by atoms with Crippen molar-refractivity contribution in [1.29, 1.82) is 0 Å². The minimum absolute atomic E-state index is 0.0999. The smallest absolute Gasteiger partial charge is 0.337 e. The second kappa shape index (κ2) is 7.64. The van der Waals surface area contributed by atoms with Crippen LogP contribution in [0.1, 0.15) is 23.2 Å². The lowest BCUT2D eigenvalue weighted by Gasteiger charge is -2.11. The van der Waals surface area contributed by atoms with Crippen LogP contribution in [-0.4, -0.2) is 44.8 Å². The van der Waals surface area contributed by atoms with Gasteiger partial charge in [-0.15, -0.1) is 0 Å². The van der Waals surface area contributed by atoms with Gasteiger partial charge in [-0.1, -0.05) is 6.07 Å². The molecular formula is C15H19NO5. The molecule has 0 aliphatic carbocycles. The summed E-state index contributed by atoms with van der Waals surface area (Å²) in [6, 6.07) is 6.51. The standard InChI is InChI=1S/C15H19NO5/c1-19-15(18)11-4-2-5-12(8-11)21-10-14(17)16-9-13-6-3-7-20-13/h2,4-5,8,13H,3,6-7,9-10H2,1H3,(H,16,17). The van der Waals surface area contributed by atoms with Gasteiger partial charge in [-0.05, 0) is 31.0 Å². The zero-order valence-corrected chi connectivity index (χ0v) is 12.0. The molecule has 0 radical (unpaired) electrons. The summed E-state index contributed by atoms with van der Waals surface area (Å²) in [6.45, 7) is 1.17. The van der Waals surface area contributed by atoms with Crippen molar-refractivity contribution in [3.63, 3.8) is 0 Å². The highest BCUT2D eigenvalue weighted by Crippen LogP contribution is 2.14. The van der Waals surface area contributed by atoms with Crippen molar-refractivity contribution >= 4 is 11.9 Å². The molecule has 1 aromatic rings. The number of nitrogens with one attached hydrogen (secondary N) is 1. The summed E-state index contributed by atoms with van der Waals surface area (Å²) in [7, 11) is 1.31. The summed E-state index contributed by atoms with van der Waals surface area (Å²) in [5.74, 6) is -0.206. The SMILES string of the molecule is COC(=O)c1cccc(OCC(=O)NCC2CCCO2)c1. The summed E-state index contributed by atoms with van der Waals surface area (Å²) in [5.41, 5.74) is 0.384. The van der Waals surface area contributed by atoms with E-state index in [0.29, 0.717) is 17.9 Å². The molecule has 6 heteroatoms. The van der Waals surface area contributed by atoms with Gasteiger partial charge in [-0.25, -0.2) is 4.79 Å². The van der Waals surface area contributed by atoms with Crippen molar-refractivity contribution in [2.45, 2.75) is 18.9 Å². The minimum atomic E-state index is -0.441. The Morgan fingerprint density at radius 2 is 2.29 bits per heavy atom. The van der Waals surface area contributed by atoms with Gasteiger partial charge in [0.25, 0.3) is 5.91 Å². The van der Waals surface area contributed by atoms with Gasteiger partial charge in [0.15, 0.2) is 6.61 Å². The first-order valence-electron chi connectivity index (χ1n) is 6.88. The van der Waals surface area contributed by atoms with Crippen molar-refractivity contribution in [1.82, 2.24) is 5.32 Å². The Balaban J connectivity index is 1.76. The Kier molecular flexibility index (Phi) is 5.57. The maximum absolute atomic E-state index is 11.7. The van der Waals surface area contributed by atoms with Crippen LogP contribution in [0.2, 0.25) is 0 Å². The normalized spacial score (nSPS) is 17.3. The molecule has 0 aromatic heterocycles. The number of benzene rings is 1.